The minimum absolute atomic E-state index is 0.112. The molecule has 1 aliphatic heterocycles. The maximum Gasteiger partial charge on any atom is 0.242 e. The molecule has 1 aliphatic rings. The minimum atomic E-state index is -0.712. The number of halogens is 1. The van der Waals surface area contributed by atoms with Crippen molar-refractivity contribution in [1.29, 1.82) is 0 Å². The maximum absolute atomic E-state index is 12.0. The standard InChI is InChI=1S/C16H21ClN2O2/c17-15(13-7-3-1-4-8-13)16(21)18-10-9-14(20)19-11-5-2-6-12-19/h1,3-4,7-8,15H,2,5-6,9-12H2,(H,18,21). The Kier molecular flexibility index (Phi) is 6.05. The zero-order valence-electron chi connectivity index (χ0n) is 12.1. The summed E-state index contributed by atoms with van der Waals surface area (Å²) in [5.74, 6) is -0.143. The summed E-state index contributed by atoms with van der Waals surface area (Å²) in [6.45, 7) is 2.02. The van der Waals surface area contributed by atoms with Gasteiger partial charge in [0.05, 0.1) is 0 Å². The third kappa shape index (κ3) is 4.74. The zero-order chi connectivity index (χ0) is 15.1. The normalized spacial score (nSPS) is 16.3. The Labute approximate surface area is 130 Å². The summed E-state index contributed by atoms with van der Waals surface area (Å²) in [5.41, 5.74) is 0.763. The molecule has 1 unspecified atom stereocenters. The second-order valence-corrected chi connectivity index (χ2v) is 5.69. The van der Waals surface area contributed by atoms with Crippen LogP contribution in [0.25, 0.3) is 0 Å². The summed E-state index contributed by atoms with van der Waals surface area (Å²) in [6, 6.07) is 9.20. The van der Waals surface area contributed by atoms with Crippen LogP contribution in [-0.4, -0.2) is 36.3 Å². The van der Waals surface area contributed by atoms with Crippen LogP contribution >= 0.6 is 11.6 Å². The first kappa shape index (κ1) is 15.8. The highest BCUT2D eigenvalue weighted by atomic mass is 35.5. The second kappa shape index (κ2) is 8.03. The fourth-order valence-electron chi connectivity index (χ4n) is 2.46. The van der Waals surface area contributed by atoms with E-state index in [9.17, 15) is 9.59 Å². The minimum Gasteiger partial charge on any atom is -0.354 e. The van der Waals surface area contributed by atoms with Gasteiger partial charge in [-0.15, -0.1) is 11.6 Å². The zero-order valence-corrected chi connectivity index (χ0v) is 12.8. The summed E-state index contributed by atoms with van der Waals surface area (Å²) in [5, 5.41) is 2.02. The third-order valence-electron chi connectivity index (χ3n) is 3.67. The highest BCUT2D eigenvalue weighted by Crippen LogP contribution is 2.19. The Balaban J connectivity index is 1.72. The summed E-state index contributed by atoms with van der Waals surface area (Å²) < 4.78 is 0. The Morgan fingerprint density at radius 1 is 1.14 bits per heavy atom. The largest absolute Gasteiger partial charge is 0.354 e. The van der Waals surface area contributed by atoms with E-state index >= 15 is 0 Å². The number of piperidine rings is 1. The topological polar surface area (TPSA) is 49.4 Å². The molecular weight excluding hydrogens is 288 g/mol. The van der Waals surface area contributed by atoms with Crippen molar-refractivity contribution in [2.45, 2.75) is 31.1 Å². The van der Waals surface area contributed by atoms with Crippen LogP contribution in [0.15, 0.2) is 30.3 Å². The summed E-state index contributed by atoms with van der Waals surface area (Å²) in [7, 11) is 0. The number of amides is 2. The molecule has 4 nitrogen and oxygen atoms in total. The lowest BCUT2D eigenvalue weighted by Gasteiger charge is -2.26. The first-order chi connectivity index (χ1) is 10.2. The average molecular weight is 309 g/mol. The van der Waals surface area contributed by atoms with Gasteiger partial charge in [0.2, 0.25) is 11.8 Å². The molecule has 0 aromatic heterocycles. The summed E-state index contributed by atoms with van der Waals surface area (Å²) in [4.78, 5) is 25.8. The van der Waals surface area contributed by atoms with Crippen molar-refractivity contribution in [3.63, 3.8) is 0 Å². The van der Waals surface area contributed by atoms with Gasteiger partial charge in [-0.2, -0.15) is 0 Å². The molecule has 0 saturated carbocycles. The van der Waals surface area contributed by atoms with Gasteiger partial charge in [-0.1, -0.05) is 30.3 Å². The molecule has 114 valence electrons. The molecule has 0 radical (unpaired) electrons. The van der Waals surface area contributed by atoms with Gasteiger partial charge >= 0.3 is 0 Å². The molecule has 1 fully saturated rings. The molecule has 21 heavy (non-hydrogen) atoms. The van der Waals surface area contributed by atoms with Crippen LogP contribution in [0.1, 0.15) is 36.6 Å². The highest BCUT2D eigenvalue weighted by Gasteiger charge is 2.19. The monoisotopic (exact) mass is 308 g/mol. The van der Waals surface area contributed by atoms with Gasteiger partial charge in [-0.05, 0) is 24.8 Å². The molecule has 1 saturated heterocycles. The van der Waals surface area contributed by atoms with Crippen molar-refractivity contribution in [3.05, 3.63) is 35.9 Å². The predicted octanol–water partition coefficient (Wildman–Crippen LogP) is 2.49. The quantitative estimate of drug-likeness (QED) is 0.850. The van der Waals surface area contributed by atoms with Crippen LogP contribution in [0.2, 0.25) is 0 Å². The number of carbonyl (C=O) groups is 2. The van der Waals surface area contributed by atoms with Crippen molar-refractivity contribution in [3.8, 4) is 0 Å². The number of rotatable bonds is 5. The lowest BCUT2D eigenvalue weighted by Crippen LogP contribution is -2.38. The van der Waals surface area contributed by atoms with Crippen molar-refractivity contribution >= 4 is 23.4 Å². The van der Waals surface area contributed by atoms with E-state index in [0.29, 0.717) is 13.0 Å². The Bertz CT molecular complexity index is 472. The van der Waals surface area contributed by atoms with E-state index in [4.69, 9.17) is 11.6 Å². The number of alkyl halides is 1. The lowest BCUT2D eigenvalue weighted by molar-refractivity contribution is -0.132. The van der Waals surface area contributed by atoms with E-state index in [-0.39, 0.29) is 11.8 Å². The number of hydrogen-bond donors (Lipinski definition) is 1. The van der Waals surface area contributed by atoms with Crippen molar-refractivity contribution in [2.24, 2.45) is 0 Å². The molecule has 1 aromatic carbocycles. The van der Waals surface area contributed by atoms with Gasteiger partial charge in [-0.3, -0.25) is 9.59 Å². The lowest BCUT2D eigenvalue weighted by atomic mass is 10.1. The van der Waals surface area contributed by atoms with Gasteiger partial charge in [0, 0.05) is 26.1 Å². The Morgan fingerprint density at radius 3 is 2.48 bits per heavy atom. The number of hydrogen-bond acceptors (Lipinski definition) is 2. The number of benzene rings is 1. The number of likely N-dealkylation sites (tertiary alicyclic amines) is 1. The van der Waals surface area contributed by atoms with E-state index in [1.54, 1.807) is 0 Å². The van der Waals surface area contributed by atoms with E-state index < -0.39 is 5.38 Å². The first-order valence-electron chi connectivity index (χ1n) is 7.43. The number of carbonyl (C=O) groups excluding carboxylic acids is 2. The Morgan fingerprint density at radius 2 is 1.81 bits per heavy atom. The number of nitrogens with one attached hydrogen (secondary N) is 1. The molecular formula is C16H21ClN2O2. The van der Waals surface area contributed by atoms with E-state index in [1.165, 1.54) is 6.42 Å². The molecule has 1 atom stereocenters. The first-order valence-corrected chi connectivity index (χ1v) is 7.86. The van der Waals surface area contributed by atoms with E-state index in [2.05, 4.69) is 5.32 Å². The highest BCUT2D eigenvalue weighted by molar-refractivity contribution is 6.30. The van der Waals surface area contributed by atoms with Crippen LogP contribution in [0, 0.1) is 0 Å². The molecule has 5 heteroatoms. The molecule has 1 aromatic rings. The van der Waals surface area contributed by atoms with Gasteiger partial charge < -0.3 is 10.2 Å². The third-order valence-corrected chi connectivity index (χ3v) is 4.12. The van der Waals surface area contributed by atoms with Gasteiger partial charge in [0.1, 0.15) is 5.38 Å². The SMILES string of the molecule is O=C(NCCC(=O)N1CCCCC1)C(Cl)c1ccccc1. The molecule has 0 bridgehead atoms. The predicted molar refractivity (Wildman–Crippen MR) is 83.1 cm³/mol. The average Bonchev–Trinajstić information content (AvgIpc) is 2.55. The fraction of sp³-hybridized carbons (Fsp3) is 0.500. The second-order valence-electron chi connectivity index (χ2n) is 5.26. The van der Waals surface area contributed by atoms with Crippen LogP contribution in [-0.2, 0) is 9.59 Å². The van der Waals surface area contributed by atoms with Crippen LogP contribution in [0.4, 0.5) is 0 Å². The summed E-state index contributed by atoms with van der Waals surface area (Å²) >= 11 is 6.11. The molecule has 1 N–H and O–H groups in total. The molecule has 1 heterocycles. The smallest absolute Gasteiger partial charge is 0.242 e. The van der Waals surface area contributed by atoms with Gasteiger partial charge in [0.25, 0.3) is 0 Å². The molecule has 2 rings (SSSR count). The Hall–Kier alpha value is -1.55. The number of nitrogens with zero attached hydrogens (tertiary/aromatic N) is 1. The molecule has 2 amide bonds. The van der Waals surface area contributed by atoms with Gasteiger partial charge in [-0.25, -0.2) is 0 Å². The maximum atomic E-state index is 12.0. The molecule has 0 spiro atoms. The van der Waals surface area contributed by atoms with Crippen molar-refractivity contribution in [1.82, 2.24) is 10.2 Å². The fourth-order valence-corrected chi connectivity index (χ4v) is 2.68. The van der Waals surface area contributed by atoms with E-state index in [0.717, 1.165) is 31.5 Å². The van der Waals surface area contributed by atoms with E-state index in [1.807, 2.05) is 35.2 Å². The van der Waals surface area contributed by atoms with Crippen LogP contribution in [0.5, 0.6) is 0 Å². The summed E-state index contributed by atoms with van der Waals surface area (Å²) in [6.07, 6.45) is 3.70. The van der Waals surface area contributed by atoms with Gasteiger partial charge in [0.15, 0.2) is 0 Å². The van der Waals surface area contributed by atoms with Crippen LogP contribution in [0.3, 0.4) is 0 Å². The van der Waals surface area contributed by atoms with Crippen LogP contribution < -0.4 is 5.32 Å². The molecule has 0 aliphatic carbocycles. The van der Waals surface area contributed by atoms with Crippen molar-refractivity contribution < 1.29 is 9.59 Å². The van der Waals surface area contributed by atoms with Crippen molar-refractivity contribution in [2.75, 3.05) is 19.6 Å².